The van der Waals surface area contributed by atoms with E-state index in [0.29, 0.717) is 17.3 Å². The maximum atomic E-state index is 12.1. The minimum atomic E-state index is -0.445. The molecule has 0 unspecified atom stereocenters. The SMILES string of the molecule is O=C(COc1ccc(/C=N/NC(=O)c2ccc(Cl)cc2Cl)cc1)NCc1ccccc1. The molecule has 3 aromatic rings. The molecule has 2 amide bonds. The van der Waals surface area contributed by atoms with Gasteiger partial charge in [-0.05, 0) is 53.6 Å². The van der Waals surface area contributed by atoms with Gasteiger partial charge in [0.25, 0.3) is 11.8 Å². The summed E-state index contributed by atoms with van der Waals surface area (Å²) in [5, 5.41) is 7.41. The second kappa shape index (κ2) is 11.2. The van der Waals surface area contributed by atoms with Crippen molar-refractivity contribution in [3.05, 3.63) is 99.5 Å². The van der Waals surface area contributed by atoms with E-state index in [1.807, 2.05) is 30.3 Å². The molecule has 0 aliphatic rings. The molecule has 0 aliphatic carbocycles. The van der Waals surface area contributed by atoms with Crippen LogP contribution in [-0.4, -0.2) is 24.6 Å². The molecule has 0 spiro atoms. The average molecular weight is 456 g/mol. The molecule has 0 fully saturated rings. The fourth-order valence-electron chi connectivity index (χ4n) is 2.55. The number of carbonyl (C=O) groups excluding carboxylic acids is 2. The van der Waals surface area contributed by atoms with Gasteiger partial charge in [-0.1, -0.05) is 53.5 Å². The molecule has 3 rings (SSSR count). The zero-order chi connectivity index (χ0) is 22.1. The lowest BCUT2D eigenvalue weighted by molar-refractivity contribution is -0.123. The molecule has 0 heterocycles. The standard InChI is InChI=1S/C23H19Cl2N3O3/c24-18-8-11-20(21(25)12-18)23(30)28-27-14-17-6-9-19(10-7-17)31-15-22(29)26-13-16-4-2-1-3-5-16/h1-12,14H,13,15H2,(H,26,29)(H,28,30)/b27-14+. The van der Waals surface area contributed by atoms with E-state index < -0.39 is 5.91 Å². The Hall–Kier alpha value is -3.35. The monoisotopic (exact) mass is 455 g/mol. The minimum absolute atomic E-state index is 0.0851. The summed E-state index contributed by atoms with van der Waals surface area (Å²) in [6, 6.07) is 21.2. The summed E-state index contributed by atoms with van der Waals surface area (Å²) >= 11 is 11.8. The van der Waals surface area contributed by atoms with E-state index in [2.05, 4.69) is 15.8 Å². The van der Waals surface area contributed by atoms with Crippen LogP contribution in [0.15, 0.2) is 77.9 Å². The largest absolute Gasteiger partial charge is 0.484 e. The molecule has 0 aliphatic heterocycles. The predicted molar refractivity (Wildman–Crippen MR) is 122 cm³/mol. The third-order valence-electron chi connectivity index (χ3n) is 4.14. The first-order chi connectivity index (χ1) is 15.0. The van der Waals surface area contributed by atoms with Crippen molar-refractivity contribution < 1.29 is 14.3 Å². The summed E-state index contributed by atoms with van der Waals surface area (Å²) in [7, 11) is 0. The van der Waals surface area contributed by atoms with Crippen molar-refractivity contribution in [2.45, 2.75) is 6.54 Å². The molecular formula is C23H19Cl2N3O3. The quantitative estimate of drug-likeness (QED) is 0.388. The predicted octanol–water partition coefficient (Wildman–Crippen LogP) is 4.45. The van der Waals surface area contributed by atoms with Crippen LogP contribution < -0.4 is 15.5 Å². The molecular weight excluding hydrogens is 437 g/mol. The van der Waals surface area contributed by atoms with Crippen LogP contribution in [0.2, 0.25) is 10.0 Å². The zero-order valence-electron chi connectivity index (χ0n) is 16.3. The number of ether oxygens (including phenoxy) is 1. The molecule has 0 saturated carbocycles. The van der Waals surface area contributed by atoms with Gasteiger partial charge in [0.05, 0.1) is 16.8 Å². The molecule has 0 aromatic heterocycles. The van der Waals surface area contributed by atoms with Crippen LogP contribution in [0.25, 0.3) is 0 Å². The number of benzene rings is 3. The number of hydrogen-bond acceptors (Lipinski definition) is 4. The number of rotatable bonds is 8. The molecule has 31 heavy (non-hydrogen) atoms. The van der Waals surface area contributed by atoms with E-state index in [-0.39, 0.29) is 23.1 Å². The molecule has 0 bridgehead atoms. The summed E-state index contributed by atoms with van der Waals surface area (Å²) in [4.78, 5) is 24.0. The lowest BCUT2D eigenvalue weighted by Gasteiger charge is -2.08. The van der Waals surface area contributed by atoms with E-state index in [1.165, 1.54) is 18.3 Å². The van der Waals surface area contributed by atoms with Crippen LogP contribution in [0.3, 0.4) is 0 Å². The number of amides is 2. The third-order valence-corrected chi connectivity index (χ3v) is 4.69. The highest BCUT2D eigenvalue weighted by Gasteiger charge is 2.09. The number of hydrazone groups is 1. The lowest BCUT2D eigenvalue weighted by atomic mass is 10.2. The first-order valence-corrected chi connectivity index (χ1v) is 10.1. The van der Waals surface area contributed by atoms with Gasteiger partial charge >= 0.3 is 0 Å². The Bertz CT molecular complexity index is 1070. The Morgan fingerprint density at radius 3 is 2.42 bits per heavy atom. The van der Waals surface area contributed by atoms with Gasteiger partial charge in [0.1, 0.15) is 5.75 Å². The van der Waals surface area contributed by atoms with Crippen molar-refractivity contribution in [2.24, 2.45) is 5.10 Å². The van der Waals surface area contributed by atoms with Gasteiger partial charge < -0.3 is 10.1 Å². The molecule has 0 saturated heterocycles. The minimum Gasteiger partial charge on any atom is -0.484 e. The number of hydrogen-bond donors (Lipinski definition) is 2. The van der Waals surface area contributed by atoms with Crippen LogP contribution >= 0.6 is 23.2 Å². The van der Waals surface area contributed by atoms with Crippen LogP contribution in [0.4, 0.5) is 0 Å². The second-order valence-corrected chi connectivity index (χ2v) is 7.29. The van der Waals surface area contributed by atoms with Gasteiger partial charge in [0.15, 0.2) is 6.61 Å². The summed E-state index contributed by atoms with van der Waals surface area (Å²) < 4.78 is 5.48. The van der Waals surface area contributed by atoms with Gasteiger partial charge in [-0.25, -0.2) is 5.43 Å². The Kier molecular flexibility index (Phi) is 8.04. The van der Waals surface area contributed by atoms with Gasteiger partial charge in [-0.3, -0.25) is 9.59 Å². The van der Waals surface area contributed by atoms with E-state index in [1.54, 1.807) is 30.3 Å². The fraction of sp³-hybridized carbons (Fsp3) is 0.0870. The van der Waals surface area contributed by atoms with Gasteiger partial charge in [-0.15, -0.1) is 0 Å². The van der Waals surface area contributed by atoms with Crippen LogP contribution in [0.1, 0.15) is 21.5 Å². The highest BCUT2D eigenvalue weighted by atomic mass is 35.5. The number of halogens is 2. The first-order valence-electron chi connectivity index (χ1n) is 9.33. The van der Waals surface area contributed by atoms with E-state index in [0.717, 1.165) is 11.1 Å². The van der Waals surface area contributed by atoms with Crippen molar-refractivity contribution in [3.63, 3.8) is 0 Å². The van der Waals surface area contributed by atoms with Crippen molar-refractivity contribution in [1.82, 2.24) is 10.7 Å². The molecule has 3 aromatic carbocycles. The topological polar surface area (TPSA) is 79.8 Å². The fourth-order valence-corrected chi connectivity index (χ4v) is 3.04. The third kappa shape index (κ3) is 7.13. The average Bonchev–Trinajstić information content (AvgIpc) is 2.77. The van der Waals surface area contributed by atoms with E-state index in [9.17, 15) is 9.59 Å². The highest BCUT2D eigenvalue weighted by Crippen LogP contribution is 2.20. The molecule has 8 heteroatoms. The second-order valence-electron chi connectivity index (χ2n) is 6.44. The molecule has 158 valence electrons. The van der Waals surface area contributed by atoms with Crippen LogP contribution in [-0.2, 0) is 11.3 Å². The summed E-state index contributed by atoms with van der Waals surface area (Å²) in [5.41, 5.74) is 4.44. The van der Waals surface area contributed by atoms with Gasteiger partial charge in [0, 0.05) is 11.6 Å². The molecule has 0 radical (unpaired) electrons. The summed E-state index contributed by atoms with van der Waals surface area (Å²) in [6.07, 6.45) is 1.48. The van der Waals surface area contributed by atoms with Crippen molar-refractivity contribution in [3.8, 4) is 5.75 Å². The van der Waals surface area contributed by atoms with Crippen LogP contribution in [0, 0.1) is 0 Å². The number of nitrogens with one attached hydrogen (secondary N) is 2. The highest BCUT2D eigenvalue weighted by molar-refractivity contribution is 6.36. The Morgan fingerprint density at radius 2 is 1.71 bits per heavy atom. The molecule has 0 atom stereocenters. The summed E-state index contributed by atoms with van der Waals surface area (Å²) in [5.74, 6) is -0.110. The lowest BCUT2D eigenvalue weighted by Crippen LogP contribution is -2.28. The Morgan fingerprint density at radius 1 is 0.968 bits per heavy atom. The maximum absolute atomic E-state index is 12.1. The van der Waals surface area contributed by atoms with E-state index in [4.69, 9.17) is 27.9 Å². The van der Waals surface area contributed by atoms with Crippen molar-refractivity contribution in [2.75, 3.05) is 6.61 Å². The van der Waals surface area contributed by atoms with Gasteiger partial charge in [0.2, 0.25) is 0 Å². The van der Waals surface area contributed by atoms with Crippen molar-refractivity contribution >= 4 is 41.2 Å². The molecule has 6 nitrogen and oxygen atoms in total. The normalized spacial score (nSPS) is 10.6. The Balaban J connectivity index is 1.44. The maximum Gasteiger partial charge on any atom is 0.272 e. The number of nitrogens with zero attached hydrogens (tertiary/aromatic N) is 1. The smallest absolute Gasteiger partial charge is 0.272 e. The molecule has 2 N–H and O–H groups in total. The zero-order valence-corrected chi connectivity index (χ0v) is 17.9. The van der Waals surface area contributed by atoms with Gasteiger partial charge in [-0.2, -0.15) is 5.10 Å². The van der Waals surface area contributed by atoms with Crippen LogP contribution in [0.5, 0.6) is 5.75 Å². The number of carbonyl (C=O) groups is 2. The Labute approximate surface area is 189 Å². The van der Waals surface area contributed by atoms with E-state index >= 15 is 0 Å². The first kappa shape index (κ1) is 22.3. The summed E-state index contributed by atoms with van der Waals surface area (Å²) in [6.45, 7) is 0.365. The van der Waals surface area contributed by atoms with Crippen molar-refractivity contribution in [1.29, 1.82) is 0 Å².